The van der Waals surface area contributed by atoms with Crippen molar-refractivity contribution in [3.63, 3.8) is 0 Å². The zero-order valence-corrected chi connectivity index (χ0v) is 16.3. The molecular weight excluding hydrogens is 340 g/mol. The van der Waals surface area contributed by atoms with Gasteiger partial charge >= 0.3 is 0 Å². The number of carbonyl (C=O) groups is 2. The van der Waals surface area contributed by atoms with Crippen LogP contribution in [0.25, 0.3) is 0 Å². The Hall–Kier alpha value is -1.95. The highest BCUT2D eigenvalue weighted by Crippen LogP contribution is 2.41. The van der Waals surface area contributed by atoms with E-state index in [-0.39, 0.29) is 11.3 Å². The summed E-state index contributed by atoms with van der Waals surface area (Å²) in [5.41, 5.74) is 0.645. The summed E-state index contributed by atoms with van der Waals surface area (Å²) in [7, 11) is 1.95. The lowest BCUT2D eigenvalue weighted by Gasteiger charge is -2.39. The molecule has 3 aliphatic rings. The van der Waals surface area contributed by atoms with Crippen LogP contribution in [-0.4, -0.2) is 71.3 Å². The molecule has 3 fully saturated rings. The van der Waals surface area contributed by atoms with Crippen molar-refractivity contribution in [1.29, 1.82) is 0 Å². The molecule has 2 aliphatic heterocycles. The number of rotatable bonds is 6. The number of hydrogen-bond acceptors (Lipinski definition) is 4. The van der Waals surface area contributed by atoms with E-state index in [2.05, 4.69) is 9.88 Å². The predicted molar refractivity (Wildman–Crippen MR) is 103 cm³/mol. The minimum Gasteiger partial charge on any atom is -0.342 e. The van der Waals surface area contributed by atoms with Gasteiger partial charge in [-0.1, -0.05) is 6.07 Å². The molecule has 1 spiro atoms. The topological polar surface area (TPSA) is 56.8 Å². The second-order valence-corrected chi connectivity index (χ2v) is 8.64. The third-order valence-electron chi connectivity index (χ3n) is 6.27. The summed E-state index contributed by atoms with van der Waals surface area (Å²) in [5.74, 6) is 1.15. The van der Waals surface area contributed by atoms with Crippen LogP contribution < -0.4 is 0 Å². The molecule has 2 saturated heterocycles. The zero-order valence-electron chi connectivity index (χ0n) is 16.3. The molecule has 0 bridgehead atoms. The third kappa shape index (κ3) is 4.15. The largest absolute Gasteiger partial charge is 0.342 e. The van der Waals surface area contributed by atoms with Crippen molar-refractivity contribution in [2.24, 2.45) is 11.3 Å². The average molecular weight is 370 g/mol. The standard InChI is InChI=1S/C21H30N4O2/c1-23(14-18-5-2-3-10-22-18)15-19(26)25-12-9-21(16-25)8-4-11-24(20(21)27)13-17-6-7-17/h2-3,5,10,17H,4,6-9,11-16H2,1H3. The molecule has 3 heterocycles. The Balaban J connectivity index is 1.32. The molecule has 1 saturated carbocycles. The molecule has 1 atom stereocenters. The van der Waals surface area contributed by atoms with E-state index in [4.69, 9.17) is 0 Å². The highest BCUT2D eigenvalue weighted by atomic mass is 16.2. The Morgan fingerprint density at radius 3 is 2.89 bits per heavy atom. The Labute approximate surface area is 161 Å². The summed E-state index contributed by atoms with van der Waals surface area (Å²) in [5, 5.41) is 0. The molecule has 0 N–H and O–H groups in total. The van der Waals surface area contributed by atoms with Crippen LogP contribution in [0.3, 0.4) is 0 Å². The fourth-order valence-corrected chi connectivity index (χ4v) is 4.56. The number of pyridine rings is 1. The molecule has 2 amide bonds. The first-order valence-corrected chi connectivity index (χ1v) is 10.2. The second kappa shape index (κ2) is 7.58. The summed E-state index contributed by atoms with van der Waals surface area (Å²) in [6, 6.07) is 5.83. The highest BCUT2D eigenvalue weighted by Gasteiger charge is 2.49. The maximum absolute atomic E-state index is 13.1. The van der Waals surface area contributed by atoms with E-state index >= 15 is 0 Å². The number of aromatic nitrogens is 1. The van der Waals surface area contributed by atoms with Crippen molar-refractivity contribution in [3.8, 4) is 0 Å². The predicted octanol–water partition coefficient (Wildman–Crippen LogP) is 1.76. The van der Waals surface area contributed by atoms with Crippen molar-refractivity contribution in [2.75, 3.05) is 39.8 Å². The SMILES string of the molecule is CN(CC(=O)N1CCC2(CCCN(CC3CC3)C2=O)C1)Cc1ccccn1. The van der Waals surface area contributed by atoms with Gasteiger partial charge in [0.25, 0.3) is 0 Å². The summed E-state index contributed by atoms with van der Waals surface area (Å²) in [6.45, 7) is 4.16. The van der Waals surface area contributed by atoms with Crippen LogP contribution in [0.4, 0.5) is 0 Å². The van der Waals surface area contributed by atoms with Gasteiger partial charge in [0.1, 0.15) is 0 Å². The van der Waals surface area contributed by atoms with E-state index in [1.54, 1.807) is 6.20 Å². The molecule has 1 aromatic rings. The van der Waals surface area contributed by atoms with Gasteiger partial charge in [-0.25, -0.2) is 0 Å². The van der Waals surface area contributed by atoms with Crippen LogP contribution in [0.15, 0.2) is 24.4 Å². The van der Waals surface area contributed by atoms with E-state index in [1.165, 1.54) is 12.8 Å². The van der Waals surface area contributed by atoms with Crippen molar-refractivity contribution < 1.29 is 9.59 Å². The maximum atomic E-state index is 13.1. The molecule has 6 nitrogen and oxygen atoms in total. The zero-order chi connectivity index (χ0) is 18.9. The molecule has 6 heteroatoms. The molecule has 0 aromatic carbocycles. The summed E-state index contributed by atoms with van der Waals surface area (Å²) in [6.07, 6.45) is 7.13. The Morgan fingerprint density at radius 2 is 2.15 bits per heavy atom. The Kier molecular flexibility index (Phi) is 5.17. The van der Waals surface area contributed by atoms with Gasteiger partial charge in [0.05, 0.1) is 17.7 Å². The molecule has 1 aliphatic carbocycles. The number of likely N-dealkylation sites (N-methyl/N-ethyl adjacent to an activating group) is 1. The molecule has 1 aromatic heterocycles. The van der Waals surface area contributed by atoms with Crippen LogP contribution >= 0.6 is 0 Å². The normalized spacial score (nSPS) is 25.6. The van der Waals surface area contributed by atoms with Crippen molar-refractivity contribution in [2.45, 2.75) is 38.6 Å². The first-order valence-electron chi connectivity index (χ1n) is 10.2. The van der Waals surface area contributed by atoms with Crippen LogP contribution in [0.5, 0.6) is 0 Å². The highest BCUT2D eigenvalue weighted by molar-refractivity contribution is 5.86. The van der Waals surface area contributed by atoms with Crippen LogP contribution in [0, 0.1) is 11.3 Å². The molecule has 4 rings (SSSR count). The van der Waals surface area contributed by atoms with Crippen molar-refractivity contribution in [3.05, 3.63) is 30.1 Å². The monoisotopic (exact) mass is 370 g/mol. The molecule has 1 unspecified atom stereocenters. The number of piperidine rings is 1. The van der Waals surface area contributed by atoms with Gasteiger partial charge in [-0.15, -0.1) is 0 Å². The fourth-order valence-electron chi connectivity index (χ4n) is 4.56. The molecular formula is C21H30N4O2. The van der Waals surface area contributed by atoms with Gasteiger partial charge in [-0.2, -0.15) is 0 Å². The number of likely N-dealkylation sites (tertiary alicyclic amines) is 2. The minimum absolute atomic E-state index is 0.123. The fraction of sp³-hybridized carbons (Fsp3) is 0.667. The maximum Gasteiger partial charge on any atom is 0.236 e. The van der Waals surface area contributed by atoms with E-state index in [0.29, 0.717) is 32.1 Å². The lowest BCUT2D eigenvalue weighted by atomic mass is 9.78. The number of amides is 2. The van der Waals surface area contributed by atoms with Gasteiger partial charge < -0.3 is 9.80 Å². The van der Waals surface area contributed by atoms with Gasteiger partial charge in [-0.05, 0) is 57.2 Å². The van der Waals surface area contributed by atoms with Crippen molar-refractivity contribution >= 4 is 11.8 Å². The van der Waals surface area contributed by atoms with E-state index < -0.39 is 0 Å². The van der Waals surface area contributed by atoms with E-state index in [0.717, 1.165) is 44.0 Å². The smallest absolute Gasteiger partial charge is 0.236 e. The van der Waals surface area contributed by atoms with Crippen LogP contribution in [0.1, 0.15) is 37.8 Å². The lowest BCUT2D eigenvalue weighted by Crippen LogP contribution is -2.51. The van der Waals surface area contributed by atoms with E-state index in [1.807, 2.05) is 35.0 Å². The number of nitrogens with zero attached hydrogens (tertiary/aromatic N) is 4. The van der Waals surface area contributed by atoms with Gasteiger partial charge in [0, 0.05) is 38.9 Å². The van der Waals surface area contributed by atoms with Gasteiger partial charge in [-0.3, -0.25) is 19.5 Å². The van der Waals surface area contributed by atoms with Gasteiger partial charge in [0.15, 0.2) is 0 Å². The summed E-state index contributed by atoms with van der Waals surface area (Å²) < 4.78 is 0. The molecule has 146 valence electrons. The van der Waals surface area contributed by atoms with Crippen molar-refractivity contribution in [1.82, 2.24) is 19.7 Å². The third-order valence-corrected chi connectivity index (χ3v) is 6.27. The first-order chi connectivity index (χ1) is 13.1. The second-order valence-electron chi connectivity index (χ2n) is 8.64. The summed E-state index contributed by atoms with van der Waals surface area (Å²) >= 11 is 0. The van der Waals surface area contributed by atoms with E-state index in [9.17, 15) is 9.59 Å². The first kappa shape index (κ1) is 18.4. The average Bonchev–Trinajstić information content (AvgIpc) is 3.37. The lowest BCUT2D eigenvalue weighted by molar-refractivity contribution is -0.146. The Bertz CT molecular complexity index is 691. The van der Waals surface area contributed by atoms with Gasteiger partial charge in [0.2, 0.25) is 11.8 Å². The Morgan fingerprint density at radius 1 is 1.30 bits per heavy atom. The van der Waals surface area contributed by atoms with Crippen LogP contribution in [0.2, 0.25) is 0 Å². The number of carbonyl (C=O) groups excluding carboxylic acids is 2. The molecule has 0 radical (unpaired) electrons. The number of hydrogen-bond donors (Lipinski definition) is 0. The minimum atomic E-state index is -0.317. The molecule has 27 heavy (non-hydrogen) atoms. The quantitative estimate of drug-likeness (QED) is 0.766. The van der Waals surface area contributed by atoms with Crippen LogP contribution in [-0.2, 0) is 16.1 Å². The summed E-state index contributed by atoms with van der Waals surface area (Å²) in [4.78, 5) is 36.2.